The number of methoxy groups -OCH3 is 1. The van der Waals surface area contributed by atoms with Crippen molar-refractivity contribution in [1.82, 2.24) is 10.1 Å². The van der Waals surface area contributed by atoms with E-state index in [1.807, 2.05) is 0 Å². The van der Waals surface area contributed by atoms with E-state index in [4.69, 9.17) is 14.0 Å². The molecule has 0 radical (unpaired) electrons. The van der Waals surface area contributed by atoms with Crippen LogP contribution in [0, 0.1) is 11.6 Å². The number of nitrogens with one attached hydrogen (secondary N) is 1. The minimum Gasteiger partial charge on any atom is -0.465 e. The van der Waals surface area contributed by atoms with Crippen molar-refractivity contribution >= 4 is 11.7 Å². The van der Waals surface area contributed by atoms with E-state index in [0.717, 1.165) is 13.2 Å². The number of esters is 1. The van der Waals surface area contributed by atoms with Crippen LogP contribution in [0.5, 0.6) is 11.5 Å². The van der Waals surface area contributed by atoms with Crippen LogP contribution < -0.4 is 14.8 Å². The van der Waals surface area contributed by atoms with E-state index in [1.165, 1.54) is 0 Å². The Morgan fingerprint density at radius 2 is 2.00 bits per heavy atom. The quantitative estimate of drug-likeness (QED) is 0.665. The predicted octanol–water partition coefficient (Wildman–Crippen LogP) is 3.14. The highest BCUT2D eigenvalue weighted by Crippen LogP contribution is 2.35. The second-order valence-electron chi connectivity index (χ2n) is 5.74. The maximum absolute atomic E-state index is 14.0. The molecule has 2 heterocycles. The standard InChI is InChI=1S/C18H13F2N3O5/c1-25-18(24)10-5-13(12(20)6-11(10)19)21-7-16-22-17(23-28-16)9-2-3-14-15(4-9)27-8-26-14/h2-6,21H,7-8H2,1H3. The average Bonchev–Trinajstić information content (AvgIpc) is 3.35. The molecular weight excluding hydrogens is 376 g/mol. The third kappa shape index (κ3) is 3.31. The number of anilines is 1. The Bertz CT molecular complexity index is 1050. The van der Waals surface area contributed by atoms with Crippen molar-refractivity contribution < 1.29 is 32.3 Å². The molecule has 2 aromatic carbocycles. The van der Waals surface area contributed by atoms with E-state index in [1.54, 1.807) is 18.2 Å². The Balaban J connectivity index is 1.50. The minimum atomic E-state index is -1.02. The number of halogens is 2. The summed E-state index contributed by atoms with van der Waals surface area (Å²) >= 11 is 0. The number of ether oxygens (including phenoxy) is 3. The SMILES string of the molecule is COC(=O)c1cc(NCc2nc(-c3ccc4c(c3)OCO4)no2)c(F)cc1F. The highest BCUT2D eigenvalue weighted by Gasteiger charge is 2.18. The largest absolute Gasteiger partial charge is 0.465 e. The molecule has 0 bridgehead atoms. The predicted molar refractivity (Wildman–Crippen MR) is 90.9 cm³/mol. The van der Waals surface area contributed by atoms with Gasteiger partial charge in [0.15, 0.2) is 11.5 Å². The lowest BCUT2D eigenvalue weighted by molar-refractivity contribution is 0.0595. The van der Waals surface area contributed by atoms with Crippen molar-refractivity contribution in [2.24, 2.45) is 0 Å². The minimum absolute atomic E-state index is 0.0410. The Labute approximate surface area is 157 Å². The van der Waals surface area contributed by atoms with Gasteiger partial charge in [-0.05, 0) is 24.3 Å². The summed E-state index contributed by atoms with van der Waals surface area (Å²) in [6.07, 6.45) is 0. The molecule has 8 nitrogen and oxygen atoms in total. The number of benzene rings is 2. The molecule has 144 valence electrons. The maximum Gasteiger partial charge on any atom is 0.340 e. The van der Waals surface area contributed by atoms with Crippen molar-refractivity contribution in [1.29, 1.82) is 0 Å². The van der Waals surface area contributed by atoms with Crippen LogP contribution in [0.15, 0.2) is 34.9 Å². The van der Waals surface area contributed by atoms with Gasteiger partial charge in [-0.2, -0.15) is 4.98 Å². The molecule has 10 heteroatoms. The monoisotopic (exact) mass is 389 g/mol. The van der Waals surface area contributed by atoms with E-state index in [9.17, 15) is 13.6 Å². The third-order valence-corrected chi connectivity index (χ3v) is 3.99. The summed E-state index contributed by atoms with van der Waals surface area (Å²) < 4.78 is 47.8. The molecule has 0 unspecified atom stereocenters. The number of carbonyl (C=O) groups excluding carboxylic acids is 1. The van der Waals surface area contributed by atoms with Crippen LogP contribution in [0.3, 0.4) is 0 Å². The fourth-order valence-electron chi connectivity index (χ4n) is 2.60. The summed E-state index contributed by atoms with van der Waals surface area (Å²) in [6.45, 7) is 0.109. The van der Waals surface area contributed by atoms with Gasteiger partial charge in [0.1, 0.15) is 11.6 Å². The first kappa shape index (κ1) is 17.7. The third-order valence-electron chi connectivity index (χ3n) is 3.99. The van der Waals surface area contributed by atoms with Crippen LogP contribution in [-0.4, -0.2) is 30.0 Å². The fourth-order valence-corrected chi connectivity index (χ4v) is 2.60. The molecule has 1 aliphatic rings. The number of carbonyl (C=O) groups is 1. The average molecular weight is 389 g/mol. The Kier molecular flexibility index (Phi) is 4.52. The molecule has 0 saturated heterocycles. The Morgan fingerprint density at radius 3 is 2.82 bits per heavy atom. The number of fused-ring (bicyclic) bond motifs is 1. The molecule has 0 saturated carbocycles. The molecule has 1 N–H and O–H groups in total. The van der Waals surface area contributed by atoms with E-state index in [2.05, 4.69) is 20.2 Å². The van der Waals surface area contributed by atoms with E-state index < -0.39 is 23.2 Å². The van der Waals surface area contributed by atoms with Crippen LogP contribution in [-0.2, 0) is 11.3 Å². The van der Waals surface area contributed by atoms with E-state index >= 15 is 0 Å². The van der Waals surface area contributed by atoms with Crippen molar-refractivity contribution in [2.45, 2.75) is 6.54 Å². The molecule has 1 aromatic heterocycles. The molecule has 28 heavy (non-hydrogen) atoms. The first-order valence-electron chi connectivity index (χ1n) is 8.09. The van der Waals surface area contributed by atoms with Crippen molar-refractivity contribution in [2.75, 3.05) is 19.2 Å². The molecule has 3 aromatic rings. The van der Waals surface area contributed by atoms with Gasteiger partial charge in [0, 0.05) is 11.6 Å². The van der Waals surface area contributed by atoms with Crippen LogP contribution in [0.4, 0.5) is 14.5 Å². The number of nitrogens with zero attached hydrogens (tertiary/aromatic N) is 2. The molecule has 0 amide bonds. The smallest absolute Gasteiger partial charge is 0.340 e. The van der Waals surface area contributed by atoms with Crippen LogP contribution >= 0.6 is 0 Å². The highest BCUT2D eigenvalue weighted by molar-refractivity contribution is 5.90. The Morgan fingerprint density at radius 1 is 1.18 bits per heavy atom. The molecular formula is C18H13F2N3O5. The first-order valence-corrected chi connectivity index (χ1v) is 8.09. The van der Waals surface area contributed by atoms with Gasteiger partial charge >= 0.3 is 5.97 Å². The second-order valence-corrected chi connectivity index (χ2v) is 5.74. The first-order chi connectivity index (χ1) is 13.5. The van der Waals surface area contributed by atoms with Crippen molar-refractivity contribution in [3.8, 4) is 22.9 Å². The lowest BCUT2D eigenvalue weighted by atomic mass is 10.1. The summed E-state index contributed by atoms with van der Waals surface area (Å²) in [4.78, 5) is 15.8. The van der Waals surface area contributed by atoms with Crippen LogP contribution in [0.1, 0.15) is 16.2 Å². The molecule has 1 aliphatic heterocycles. The van der Waals surface area contributed by atoms with Gasteiger partial charge in [-0.3, -0.25) is 0 Å². The summed E-state index contributed by atoms with van der Waals surface area (Å²) in [5, 5.41) is 6.56. The molecule has 0 fully saturated rings. The van der Waals surface area contributed by atoms with Crippen molar-refractivity contribution in [3.63, 3.8) is 0 Å². The number of hydrogen-bond donors (Lipinski definition) is 1. The summed E-state index contributed by atoms with van der Waals surface area (Å²) in [7, 11) is 1.11. The zero-order valence-electron chi connectivity index (χ0n) is 14.5. The van der Waals surface area contributed by atoms with Gasteiger partial charge in [0.25, 0.3) is 0 Å². The van der Waals surface area contributed by atoms with Gasteiger partial charge in [0.2, 0.25) is 18.5 Å². The molecule has 0 aliphatic carbocycles. The van der Waals surface area contributed by atoms with Gasteiger partial charge in [0.05, 0.1) is 24.9 Å². The fraction of sp³-hybridized carbons (Fsp3) is 0.167. The number of aromatic nitrogens is 2. The summed E-state index contributed by atoms with van der Waals surface area (Å²) in [5.41, 5.74) is 0.155. The number of rotatable bonds is 5. The number of hydrogen-bond acceptors (Lipinski definition) is 8. The van der Waals surface area contributed by atoms with Crippen LogP contribution in [0.2, 0.25) is 0 Å². The molecule has 0 atom stereocenters. The lowest BCUT2D eigenvalue weighted by Crippen LogP contribution is -2.08. The molecule has 0 spiro atoms. The molecule has 4 rings (SSSR count). The zero-order valence-corrected chi connectivity index (χ0v) is 14.5. The lowest BCUT2D eigenvalue weighted by Gasteiger charge is -2.08. The van der Waals surface area contributed by atoms with E-state index in [-0.39, 0.29) is 24.9 Å². The van der Waals surface area contributed by atoms with Gasteiger partial charge in [-0.1, -0.05) is 5.16 Å². The van der Waals surface area contributed by atoms with E-state index in [0.29, 0.717) is 29.0 Å². The van der Waals surface area contributed by atoms with Crippen molar-refractivity contribution in [3.05, 3.63) is 53.4 Å². The summed E-state index contributed by atoms with van der Waals surface area (Å²) in [6, 6.07) is 6.81. The summed E-state index contributed by atoms with van der Waals surface area (Å²) in [5.74, 6) is -1.13. The van der Waals surface area contributed by atoms with Gasteiger partial charge in [-0.25, -0.2) is 13.6 Å². The van der Waals surface area contributed by atoms with Crippen LogP contribution in [0.25, 0.3) is 11.4 Å². The van der Waals surface area contributed by atoms with Gasteiger partial charge < -0.3 is 24.1 Å². The maximum atomic E-state index is 14.0. The highest BCUT2D eigenvalue weighted by atomic mass is 19.1. The topological polar surface area (TPSA) is 95.7 Å². The normalized spacial score (nSPS) is 12.1. The van der Waals surface area contributed by atoms with Gasteiger partial charge in [-0.15, -0.1) is 0 Å². The second kappa shape index (κ2) is 7.14. The Hall–Kier alpha value is -3.69. The zero-order chi connectivity index (χ0) is 19.7.